The number of aromatic nitrogens is 2. The predicted molar refractivity (Wildman–Crippen MR) is 64.3 cm³/mol. The molecule has 17 heavy (non-hydrogen) atoms. The van der Waals surface area contributed by atoms with Gasteiger partial charge in [-0.25, -0.2) is 0 Å². The molecule has 0 fully saturated rings. The van der Waals surface area contributed by atoms with E-state index in [0.717, 1.165) is 28.9 Å². The van der Waals surface area contributed by atoms with Crippen molar-refractivity contribution in [2.75, 3.05) is 0 Å². The van der Waals surface area contributed by atoms with Gasteiger partial charge in [-0.3, -0.25) is 5.10 Å². The highest BCUT2D eigenvalue weighted by Gasteiger charge is 2.17. The Kier molecular flexibility index (Phi) is 3.29. The molecule has 0 aliphatic carbocycles. The lowest BCUT2D eigenvalue weighted by molar-refractivity contribution is 0.568. The van der Waals surface area contributed by atoms with E-state index in [1.54, 1.807) is 12.5 Å². The summed E-state index contributed by atoms with van der Waals surface area (Å²) in [5.74, 6) is 0.372. The standard InChI is InChI=1S/C13H15N3O/c1-9(2)12-11(4-3-6-14)13(16-15-12)10-5-7-17-8-10/h5,7-9H,3-4H2,1-2H3,(H,15,16). The number of aromatic amines is 1. The van der Waals surface area contributed by atoms with Crippen LogP contribution in [0.4, 0.5) is 0 Å². The molecule has 4 heteroatoms. The second-order valence-corrected chi connectivity index (χ2v) is 4.29. The highest BCUT2D eigenvalue weighted by Crippen LogP contribution is 2.29. The highest BCUT2D eigenvalue weighted by atomic mass is 16.3. The first-order valence-electron chi connectivity index (χ1n) is 5.70. The fourth-order valence-electron chi connectivity index (χ4n) is 1.93. The maximum absolute atomic E-state index is 8.72. The zero-order chi connectivity index (χ0) is 12.3. The van der Waals surface area contributed by atoms with Crippen LogP contribution in [-0.2, 0) is 6.42 Å². The van der Waals surface area contributed by atoms with Crippen molar-refractivity contribution < 1.29 is 4.42 Å². The highest BCUT2D eigenvalue weighted by molar-refractivity contribution is 5.63. The van der Waals surface area contributed by atoms with Gasteiger partial charge in [0, 0.05) is 23.2 Å². The molecule has 0 bridgehead atoms. The minimum Gasteiger partial charge on any atom is -0.472 e. The Balaban J connectivity index is 2.42. The fraction of sp³-hybridized carbons (Fsp3) is 0.385. The van der Waals surface area contributed by atoms with Crippen molar-refractivity contribution in [2.24, 2.45) is 0 Å². The number of nitrogens with one attached hydrogen (secondary N) is 1. The number of hydrogen-bond acceptors (Lipinski definition) is 3. The summed E-state index contributed by atoms with van der Waals surface area (Å²) in [5.41, 5.74) is 4.10. The largest absolute Gasteiger partial charge is 0.472 e. The number of nitriles is 1. The molecule has 0 saturated carbocycles. The summed E-state index contributed by atoms with van der Waals surface area (Å²) < 4.78 is 5.08. The molecule has 2 aromatic rings. The Morgan fingerprint density at radius 1 is 1.53 bits per heavy atom. The van der Waals surface area contributed by atoms with Crippen molar-refractivity contribution in [1.82, 2.24) is 10.2 Å². The van der Waals surface area contributed by atoms with Crippen molar-refractivity contribution in [3.8, 4) is 17.3 Å². The van der Waals surface area contributed by atoms with Crippen LogP contribution in [0.5, 0.6) is 0 Å². The first-order valence-corrected chi connectivity index (χ1v) is 5.70. The molecule has 0 aliphatic rings. The quantitative estimate of drug-likeness (QED) is 0.875. The van der Waals surface area contributed by atoms with E-state index in [1.807, 2.05) is 6.07 Å². The number of hydrogen-bond donors (Lipinski definition) is 1. The predicted octanol–water partition coefficient (Wildman–Crippen LogP) is 3.25. The summed E-state index contributed by atoms with van der Waals surface area (Å²) in [6, 6.07) is 4.06. The van der Waals surface area contributed by atoms with Crippen LogP contribution >= 0.6 is 0 Å². The number of nitrogens with zero attached hydrogens (tertiary/aromatic N) is 2. The van der Waals surface area contributed by atoms with Crippen molar-refractivity contribution in [3.63, 3.8) is 0 Å². The third-order valence-corrected chi connectivity index (χ3v) is 2.76. The molecule has 4 nitrogen and oxygen atoms in total. The van der Waals surface area contributed by atoms with Crippen LogP contribution in [-0.4, -0.2) is 10.2 Å². The Morgan fingerprint density at radius 2 is 2.35 bits per heavy atom. The molecule has 0 amide bonds. The van der Waals surface area contributed by atoms with Crippen LogP contribution in [0.2, 0.25) is 0 Å². The van der Waals surface area contributed by atoms with E-state index >= 15 is 0 Å². The molecule has 0 aliphatic heterocycles. The third-order valence-electron chi connectivity index (χ3n) is 2.76. The number of rotatable bonds is 4. The summed E-state index contributed by atoms with van der Waals surface area (Å²) in [6.45, 7) is 4.23. The minimum atomic E-state index is 0.372. The van der Waals surface area contributed by atoms with E-state index in [2.05, 4.69) is 30.1 Å². The molecule has 0 saturated heterocycles. The van der Waals surface area contributed by atoms with Gasteiger partial charge in [0.2, 0.25) is 0 Å². The minimum absolute atomic E-state index is 0.372. The average Bonchev–Trinajstić information content (AvgIpc) is 2.94. The van der Waals surface area contributed by atoms with Gasteiger partial charge in [-0.2, -0.15) is 10.4 Å². The zero-order valence-electron chi connectivity index (χ0n) is 10.0. The third kappa shape index (κ3) is 2.23. The molecule has 88 valence electrons. The molecule has 0 unspecified atom stereocenters. The van der Waals surface area contributed by atoms with Crippen LogP contribution in [0, 0.1) is 11.3 Å². The van der Waals surface area contributed by atoms with Gasteiger partial charge < -0.3 is 4.42 Å². The maximum Gasteiger partial charge on any atom is 0.0997 e. The second-order valence-electron chi connectivity index (χ2n) is 4.29. The molecular formula is C13H15N3O. The summed E-state index contributed by atoms with van der Waals surface area (Å²) >= 11 is 0. The average molecular weight is 229 g/mol. The molecule has 0 spiro atoms. The second kappa shape index (κ2) is 4.88. The first kappa shape index (κ1) is 11.5. The Hall–Kier alpha value is -2.02. The normalized spacial score (nSPS) is 10.7. The van der Waals surface area contributed by atoms with E-state index in [-0.39, 0.29) is 0 Å². The van der Waals surface area contributed by atoms with Crippen molar-refractivity contribution in [3.05, 3.63) is 29.9 Å². The van der Waals surface area contributed by atoms with Gasteiger partial charge in [-0.15, -0.1) is 0 Å². The van der Waals surface area contributed by atoms with Crippen molar-refractivity contribution in [2.45, 2.75) is 32.6 Å². The Bertz CT molecular complexity index is 517. The van der Waals surface area contributed by atoms with Gasteiger partial charge in [-0.1, -0.05) is 13.8 Å². The van der Waals surface area contributed by atoms with Crippen LogP contribution in [0.3, 0.4) is 0 Å². The van der Waals surface area contributed by atoms with Gasteiger partial charge in [0.25, 0.3) is 0 Å². The van der Waals surface area contributed by atoms with Gasteiger partial charge in [0.1, 0.15) is 0 Å². The fourth-order valence-corrected chi connectivity index (χ4v) is 1.93. The van der Waals surface area contributed by atoms with Crippen LogP contribution in [0.15, 0.2) is 23.0 Å². The molecule has 0 atom stereocenters. The zero-order valence-corrected chi connectivity index (χ0v) is 10.0. The summed E-state index contributed by atoms with van der Waals surface area (Å²) in [6.07, 6.45) is 4.54. The molecule has 1 N–H and O–H groups in total. The van der Waals surface area contributed by atoms with Gasteiger partial charge in [0.15, 0.2) is 0 Å². The lowest BCUT2D eigenvalue weighted by Gasteiger charge is -2.05. The van der Waals surface area contributed by atoms with E-state index in [1.165, 1.54) is 0 Å². The molecule has 0 radical (unpaired) electrons. The molecule has 2 heterocycles. The first-order chi connectivity index (χ1) is 8.24. The topological polar surface area (TPSA) is 65.6 Å². The number of H-pyrrole nitrogens is 1. The van der Waals surface area contributed by atoms with E-state index in [0.29, 0.717) is 12.3 Å². The van der Waals surface area contributed by atoms with Crippen molar-refractivity contribution >= 4 is 0 Å². The molecule has 2 aromatic heterocycles. The van der Waals surface area contributed by atoms with Crippen LogP contribution in [0.25, 0.3) is 11.3 Å². The van der Waals surface area contributed by atoms with Crippen LogP contribution in [0.1, 0.15) is 37.4 Å². The molecular weight excluding hydrogens is 214 g/mol. The van der Waals surface area contributed by atoms with E-state index in [4.69, 9.17) is 9.68 Å². The Labute approximate surface area is 100 Å². The summed E-state index contributed by atoms with van der Waals surface area (Å²) in [4.78, 5) is 0. The maximum atomic E-state index is 8.72. The van der Waals surface area contributed by atoms with E-state index < -0.39 is 0 Å². The van der Waals surface area contributed by atoms with Crippen LogP contribution < -0.4 is 0 Å². The monoisotopic (exact) mass is 229 g/mol. The van der Waals surface area contributed by atoms with Gasteiger partial charge >= 0.3 is 0 Å². The smallest absolute Gasteiger partial charge is 0.0997 e. The Morgan fingerprint density at radius 3 is 2.94 bits per heavy atom. The summed E-state index contributed by atoms with van der Waals surface area (Å²) in [5, 5.41) is 16.1. The number of furan rings is 1. The van der Waals surface area contributed by atoms with Gasteiger partial charge in [-0.05, 0) is 18.4 Å². The lowest BCUT2D eigenvalue weighted by atomic mass is 9.98. The van der Waals surface area contributed by atoms with Gasteiger partial charge in [0.05, 0.1) is 24.3 Å². The lowest BCUT2D eigenvalue weighted by Crippen LogP contribution is -1.95. The molecule has 2 rings (SSSR count). The van der Waals surface area contributed by atoms with Crippen molar-refractivity contribution in [1.29, 1.82) is 5.26 Å². The SMILES string of the molecule is CC(C)c1[nH]nc(-c2ccoc2)c1CCC#N. The summed E-state index contributed by atoms with van der Waals surface area (Å²) in [7, 11) is 0. The molecule has 0 aromatic carbocycles. The van der Waals surface area contributed by atoms with E-state index in [9.17, 15) is 0 Å².